The lowest BCUT2D eigenvalue weighted by molar-refractivity contribution is -0.118. The number of carbonyl (C=O) groups excluding carboxylic acids is 1. The van der Waals surface area contributed by atoms with Crippen molar-refractivity contribution in [1.82, 2.24) is 10.1 Å². The molecule has 3 aromatic rings. The van der Waals surface area contributed by atoms with E-state index in [2.05, 4.69) is 15.5 Å². The second-order valence-electron chi connectivity index (χ2n) is 5.37. The lowest BCUT2D eigenvalue weighted by Crippen LogP contribution is -2.20. The van der Waals surface area contributed by atoms with Crippen LogP contribution in [0.25, 0.3) is 10.7 Å². The lowest BCUT2D eigenvalue weighted by atomic mass is 10.2. The standard InChI is InChI=1S/C17H17N3O3S/c1-10-5-4-6-13(7-10)22-9-16(21)19-14-8-15(24-11(14)2)17-18-12(3)23-20-17/h4-8H,9H2,1-3H3,(H,19,21). The second-order valence-corrected chi connectivity index (χ2v) is 6.63. The van der Waals surface area contributed by atoms with Gasteiger partial charge in [-0.1, -0.05) is 17.3 Å². The van der Waals surface area contributed by atoms with Gasteiger partial charge in [0.05, 0.1) is 10.6 Å². The Bertz CT molecular complexity index is 870. The van der Waals surface area contributed by atoms with Gasteiger partial charge in [0.2, 0.25) is 11.7 Å². The van der Waals surface area contributed by atoms with Crippen molar-refractivity contribution < 1.29 is 14.1 Å². The molecule has 2 aromatic heterocycles. The van der Waals surface area contributed by atoms with E-state index in [0.717, 1.165) is 21.0 Å². The molecule has 0 aliphatic rings. The number of hydrogen-bond acceptors (Lipinski definition) is 6. The third-order valence-corrected chi connectivity index (χ3v) is 4.35. The van der Waals surface area contributed by atoms with Crippen LogP contribution in [0.4, 0.5) is 5.69 Å². The van der Waals surface area contributed by atoms with Gasteiger partial charge >= 0.3 is 0 Å². The summed E-state index contributed by atoms with van der Waals surface area (Å²) >= 11 is 1.50. The van der Waals surface area contributed by atoms with E-state index in [1.807, 2.05) is 44.2 Å². The van der Waals surface area contributed by atoms with Crippen molar-refractivity contribution in [3.05, 3.63) is 46.7 Å². The van der Waals surface area contributed by atoms with Crippen molar-refractivity contribution in [1.29, 1.82) is 0 Å². The number of amides is 1. The summed E-state index contributed by atoms with van der Waals surface area (Å²) in [6, 6.07) is 9.43. The zero-order chi connectivity index (χ0) is 17.1. The molecule has 24 heavy (non-hydrogen) atoms. The quantitative estimate of drug-likeness (QED) is 0.763. The summed E-state index contributed by atoms with van der Waals surface area (Å²) in [6.45, 7) is 5.60. The van der Waals surface area contributed by atoms with Crippen LogP contribution in [-0.2, 0) is 4.79 Å². The number of thiophene rings is 1. The fraction of sp³-hybridized carbons (Fsp3) is 0.235. The lowest BCUT2D eigenvalue weighted by Gasteiger charge is -2.07. The van der Waals surface area contributed by atoms with E-state index in [4.69, 9.17) is 9.26 Å². The summed E-state index contributed by atoms with van der Waals surface area (Å²) in [5, 5.41) is 6.74. The van der Waals surface area contributed by atoms with Gasteiger partial charge < -0.3 is 14.6 Å². The number of aryl methyl sites for hydroxylation is 3. The van der Waals surface area contributed by atoms with Gasteiger partial charge in [0.25, 0.3) is 5.91 Å². The molecule has 0 saturated carbocycles. The number of nitrogens with one attached hydrogen (secondary N) is 1. The van der Waals surface area contributed by atoms with Crippen LogP contribution >= 0.6 is 11.3 Å². The highest BCUT2D eigenvalue weighted by molar-refractivity contribution is 7.16. The number of hydrogen-bond donors (Lipinski definition) is 1. The Morgan fingerprint density at radius 3 is 2.83 bits per heavy atom. The van der Waals surface area contributed by atoms with Gasteiger partial charge in [-0.25, -0.2) is 0 Å². The maximum Gasteiger partial charge on any atom is 0.262 e. The van der Waals surface area contributed by atoms with Gasteiger partial charge in [0.1, 0.15) is 5.75 Å². The van der Waals surface area contributed by atoms with Crippen LogP contribution < -0.4 is 10.1 Å². The molecule has 0 aliphatic heterocycles. The number of benzene rings is 1. The molecule has 0 unspecified atom stereocenters. The first-order valence-electron chi connectivity index (χ1n) is 7.41. The smallest absolute Gasteiger partial charge is 0.262 e. The minimum absolute atomic E-state index is 0.0462. The van der Waals surface area contributed by atoms with Crippen LogP contribution in [0.1, 0.15) is 16.3 Å². The van der Waals surface area contributed by atoms with Crippen molar-refractivity contribution in [3.63, 3.8) is 0 Å². The van der Waals surface area contributed by atoms with E-state index < -0.39 is 0 Å². The maximum absolute atomic E-state index is 12.1. The molecule has 3 rings (SSSR count). The highest BCUT2D eigenvalue weighted by Crippen LogP contribution is 2.32. The Balaban J connectivity index is 1.63. The molecule has 0 atom stereocenters. The minimum Gasteiger partial charge on any atom is -0.484 e. The topological polar surface area (TPSA) is 77.2 Å². The van der Waals surface area contributed by atoms with E-state index in [0.29, 0.717) is 17.5 Å². The van der Waals surface area contributed by atoms with Crippen LogP contribution in [0, 0.1) is 20.8 Å². The molecular formula is C17H17N3O3S. The van der Waals surface area contributed by atoms with Crippen LogP contribution in [0.5, 0.6) is 5.75 Å². The molecule has 1 N–H and O–H groups in total. The molecule has 0 radical (unpaired) electrons. The van der Waals surface area contributed by atoms with Gasteiger partial charge in [0, 0.05) is 11.8 Å². The highest BCUT2D eigenvalue weighted by Gasteiger charge is 2.14. The summed E-state index contributed by atoms with van der Waals surface area (Å²) in [5.74, 6) is 1.49. The summed E-state index contributed by atoms with van der Waals surface area (Å²) < 4.78 is 10.5. The third-order valence-electron chi connectivity index (χ3n) is 3.30. The van der Waals surface area contributed by atoms with Crippen molar-refractivity contribution in [2.24, 2.45) is 0 Å². The first-order valence-corrected chi connectivity index (χ1v) is 8.23. The SMILES string of the molecule is Cc1cccc(OCC(=O)Nc2cc(-c3noc(C)n3)sc2C)c1. The molecular weight excluding hydrogens is 326 g/mol. The Morgan fingerprint density at radius 1 is 1.29 bits per heavy atom. The average molecular weight is 343 g/mol. The average Bonchev–Trinajstić information content (AvgIpc) is 3.12. The van der Waals surface area contributed by atoms with E-state index in [1.54, 1.807) is 6.92 Å². The summed E-state index contributed by atoms with van der Waals surface area (Å²) in [7, 11) is 0. The van der Waals surface area contributed by atoms with Crippen LogP contribution in [0.2, 0.25) is 0 Å². The minimum atomic E-state index is -0.215. The summed E-state index contributed by atoms with van der Waals surface area (Å²) in [4.78, 5) is 18.1. The fourth-order valence-electron chi connectivity index (χ4n) is 2.16. The van der Waals surface area contributed by atoms with Gasteiger partial charge in [-0.05, 0) is 37.6 Å². The van der Waals surface area contributed by atoms with E-state index in [-0.39, 0.29) is 12.5 Å². The Kier molecular flexibility index (Phi) is 4.61. The molecule has 7 heteroatoms. The van der Waals surface area contributed by atoms with Crippen LogP contribution in [0.15, 0.2) is 34.9 Å². The molecule has 0 aliphatic carbocycles. The Labute approximate surface area is 143 Å². The van der Waals surface area contributed by atoms with Crippen molar-refractivity contribution in [3.8, 4) is 16.5 Å². The Morgan fingerprint density at radius 2 is 2.12 bits per heavy atom. The molecule has 6 nitrogen and oxygen atoms in total. The molecule has 2 heterocycles. The fourth-order valence-corrected chi connectivity index (χ4v) is 3.06. The van der Waals surface area contributed by atoms with Crippen molar-refractivity contribution >= 4 is 22.9 Å². The van der Waals surface area contributed by atoms with Crippen LogP contribution in [-0.4, -0.2) is 22.7 Å². The number of rotatable bonds is 5. The number of carbonyl (C=O) groups is 1. The van der Waals surface area contributed by atoms with Gasteiger partial charge in [0.15, 0.2) is 6.61 Å². The number of aromatic nitrogens is 2. The van der Waals surface area contributed by atoms with Gasteiger partial charge in [-0.15, -0.1) is 11.3 Å². The largest absolute Gasteiger partial charge is 0.484 e. The van der Waals surface area contributed by atoms with Gasteiger partial charge in [-0.2, -0.15) is 4.98 Å². The first kappa shape index (κ1) is 16.2. The molecule has 124 valence electrons. The van der Waals surface area contributed by atoms with Crippen molar-refractivity contribution in [2.75, 3.05) is 11.9 Å². The molecule has 0 bridgehead atoms. The first-order chi connectivity index (χ1) is 11.5. The number of anilines is 1. The van der Waals surface area contributed by atoms with Gasteiger partial charge in [-0.3, -0.25) is 4.79 Å². The summed E-state index contributed by atoms with van der Waals surface area (Å²) in [5.41, 5.74) is 1.82. The second kappa shape index (κ2) is 6.84. The zero-order valence-electron chi connectivity index (χ0n) is 13.6. The third kappa shape index (κ3) is 3.80. The van der Waals surface area contributed by atoms with E-state index in [9.17, 15) is 4.79 Å². The van der Waals surface area contributed by atoms with Crippen molar-refractivity contribution in [2.45, 2.75) is 20.8 Å². The van der Waals surface area contributed by atoms with E-state index >= 15 is 0 Å². The highest BCUT2D eigenvalue weighted by atomic mass is 32.1. The number of nitrogens with zero attached hydrogens (tertiary/aromatic N) is 2. The predicted octanol–water partition coefficient (Wildman–Crippen LogP) is 3.74. The maximum atomic E-state index is 12.1. The monoisotopic (exact) mass is 343 g/mol. The number of ether oxygens (including phenoxy) is 1. The zero-order valence-corrected chi connectivity index (χ0v) is 14.4. The molecule has 1 amide bonds. The summed E-state index contributed by atoms with van der Waals surface area (Å²) in [6.07, 6.45) is 0. The molecule has 1 aromatic carbocycles. The molecule has 0 saturated heterocycles. The Hall–Kier alpha value is -2.67. The van der Waals surface area contributed by atoms with E-state index in [1.165, 1.54) is 11.3 Å². The molecule has 0 fully saturated rings. The predicted molar refractivity (Wildman–Crippen MR) is 92.4 cm³/mol. The normalized spacial score (nSPS) is 10.6. The van der Waals surface area contributed by atoms with Crippen LogP contribution in [0.3, 0.4) is 0 Å². The molecule has 0 spiro atoms.